The van der Waals surface area contributed by atoms with Crippen molar-refractivity contribution >= 4 is 0 Å². The smallest absolute Gasteiger partial charge is 0.0337 e. The molecule has 84 valence electrons. The number of rotatable bonds is 6. The third kappa shape index (κ3) is 4.43. The first-order valence-corrected chi connectivity index (χ1v) is 5.87. The summed E-state index contributed by atoms with van der Waals surface area (Å²) < 4.78 is 0. The van der Waals surface area contributed by atoms with Crippen LogP contribution in [-0.2, 0) is 0 Å². The Kier molecular flexibility index (Phi) is 5.33. The zero-order valence-electron chi connectivity index (χ0n) is 10.0. The molecule has 0 aromatic carbocycles. The zero-order valence-corrected chi connectivity index (χ0v) is 10.0. The Labute approximate surface area is 93.1 Å². The lowest BCUT2D eigenvalue weighted by Crippen LogP contribution is -2.23. The third-order valence-electron chi connectivity index (χ3n) is 2.43. The van der Waals surface area contributed by atoms with Crippen molar-refractivity contribution in [3.63, 3.8) is 0 Å². The molecule has 0 saturated carbocycles. The molecule has 0 aliphatic heterocycles. The molecule has 15 heavy (non-hydrogen) atoms. The normalized spacial score (nSPS) is 13.1. The van der Waals surface area contributed by atoms with Gasteiger partial charge in [0, 0.05) is 18.4 Å². The molecule has 0 spiro atoms. The molecule has 0 aliphatic carbocycles. The molecule has 2 heteroatoms. The first-order chi connectivity index (χ1) is 7.24. The van der Waals surface area contributed by atoms with Crippen LogP contribution in [-0.4, -0.2) is 11.5 Å². The molecule has 2 nitrogen and oxygen atoms in total. The molecule has 1 atom stereocenters. The number of pyridine rings is 1. The fraction of sp³-hybridized carbons (Fsp3) is 0.615. The SMILES string of the molecule is CCCNC(CC(C)C)c1cccnc1. The summed E-state index contributed by atoms with van der Waals surface area (Å²) in [5.41, 5.74) is 1.31. The fourth-order valence-electron chi connectivity index (χ4n) is 1.71. The molecule has 0 fully saturated rings. The van der Waals surface area contributed by atoms with Gasteiger partial charge in [-0.25, -0.2) is 0 Å². The summed E-state index contributed by atoms with van der Waals surface area (Å²) in [5.74, 6) is 0.708. The minimum absolute atomic E-state index is 0.457. The number of hydrogen-bond acceptors (Lipinski definition) is 2. The molecule has 0 saturated heterocycles. The van der Waals surface area contributed by atoms with Gasteiger partial charge >= 0.3 is 0 Å². The van der Waals surface area contributed by atoms with Gasteiger partial charge in [-0.2, -0.15) is 0 Å². The van der Waals surface area contributed by atoms with E-state index in [1.807, 2.05) is 18.5 Å². The molecule has 0 radical (unpaired) electrons. The van der Waals surface area contributed by atoms with Crippen LogP contribution in [0, 0.1) is 5.92 Å². The van der Waals surface area contributed by atoms with Crippen molar-refractivity contribution in [2.75, 3.05) is 6.54 Å². The van der Waals surface area contributed by atoms with E-state index in [4.69, 9.17) is 0 Å². The van der Waals surface area contributed by atoms with Gasteiger partial charge < -0.3 is 5.32 Å². The number of nitrogens with one attached hydrogen (secondary N) is 1. The molecule has 0 bridgehead atoms. The highest BCUT2D eigenvalue weighted by atomic mass is 14.9. The summed E-state index contributed by atoms with van der Waals surface area (Å²) in [7, 11) is 0. The van der Waals surface area contributed by atoms with Gasteiger partial charge in [0.1, 0.15) is 0 Å². The lowest BCUT2D eigenvalue weighted by atomic mass is 9.98. The van der Waals surface area contributed by atoms with E-state index in [2.05, 4.69) is 37.1 Å². The first kappa shape index (κ1) is 12.2. The molecule has 1 aromatic heterocycles. The predicted octanol–water partition coefficient (Wildman–Crippen LogP) is 3.17. The van der Waals surface area contributed by atoms with Crippen LogP contribution < -0.4 is 5.32 Å². The van der Waals surface area contributed by atoms with Crippen molar-refractivity contribution < 1.29 is 0 Å². The Hall–Kier alpha value is -0.890. The second-order valence-electron chi connectivity index (χ2n) is 4.42. The largest absolute Gasteiger partial charge is 0.310 e. The van der Waals surface area contributed by atoms with Gasteiger partial charge in [0.2, 0.25) is 0 Å². The molecule has 0 aliphatic rings. The van der Waals surface area contributed by atoms with Crippen LogP contribution in [0.15, 0.2) is 24.5 Å². The highest BCUT2D eigenvalue weighted by Crippen LogP contribution is 2.20. The number of aromatic nitrogens is 1. The quantitative estimate of drug-likeness (QED) is 0.773. The van der Waals surface area contributed by atoms with Gasteiger partial charge in [-0.1, -0.05) is 26.8 Å². The average Bonchev–Trinajstić information content (AvgIpc) is 2.25. The standard InChI is InChI=1S/C13H22N2/c1-4-7-15-13(9-11(2)3)12-6-5-8-14-10-12/h5-6,8,10-11,13,15H,4,7,9H2,1-3H3. The van der Waals surface area contributed by atoms with E-state index in [0.29, 0.717) is 12.0 Å². The van der Waals surface area contributed by atoms with Crippen LogP contribution >= 0.6 is 0 Å². The van der Waals surface area contributed by atoms with E-state index < -0.39 is 0 Å². The zero-order chi connectivity index (χ0) is 11.1. The second-order valence-corrected chi connectivity index (χ2v) is 4.42. The van der Waals surface area contributed by atoms with Crippen molar-refractivity contribution in [3.05, 3.63) is 30.1 Å². The van der Waals surface area contributed by atoms with E-state index in [9.17, 15) is 0 Å². The Morgan fingerprint density at radius 3 is 2.73 bits per heavy atom. The van der Waals surface area contributed by atoms with E-state index in [-0.39, 0.29) is 0 Å². The molecule has 1 aromatic rings. The third-order valence-corrected chi connectivity index (χ3v) is 2.43. The first-order valence-electron chi connectivity index (χ1n) is 5.87. The molecule has 1 rings (SSSR count). The lowest BCUT2D eigenvalue weighted by Gasteiger charge is -2.20. The number of nitrogens with zero attached hydrogens (tertiary/aromatic N) is 1. The highest BCUT2D eigenvalue weighted by molar-refractivity contribution is 5.13. The summed E-state index contributed by atoms with van der Waals surface area (Å²) in [6, 6.07) is 4.62. The predicted molar refractivity (Wildman–Crippen MR) is 64.7 cm³/mol. The van der Waals surface area contributed by atoms with E-state index in [0.717, 1.165) is 6.54 Å². The van der Waals surface area contributed by atoms with E-state index in [1.165, 1.54) is 18.4 Å². The summed E-state index contributed by atoms with van der Waals surface area (Å²) in [6.45, 7) is 7.79. The number of hydrogen-bond donors (Lipinski definition) is 1. The molecular formula is C13H22N2. The van der Waals surface area contributed by atoms with Crippen LogP contribution in [0.1, 0.15) is 45.2 Å². The molecule has 0 amide bonds. The molecular weight excluding hydrogens is 184 g/mol. The maximum atomic E-state index is 4.18. The van der Waals surface area contributed by atoms with Gasteiger partial charge in [-0.15, -0.1) is 0 Å². The highest BCUT2D eigenvalue weighted by Gasteiger charge is 2.11. The Morgan fingerprint density at radius 1 is 1.40 bits per heavy atom. The van der Waals surface area contributed by atoms with Crippen molar-refractivity contribution in [1.82, 2.24) is 10.3 Å². The van der Waals surface area contributed by atoms with Crippen LogP contribution in [0.3, 0.4) is 0 Å². The summed E-state index contributed by atoms with van der Waals surface area (Å²) in [4.78, 5) is 4.18. The van der Waals surface area contributed by atoms with Gasteiger partial charge in [0.05, 0.1) is 0 Å². The molecule has 1 unspecified atom stereocenters. The minimum atomic E-state index is 0.457. The summed E-state index contributed by atoms with van der Waals surface area (Å²) in [6.07, 6.45) is 6.14. The maximum absolute atomic E-state index is 4.18. The van der Waals surface area contributed by atoms with Crippen molar-refractivity contribution in [2.24, 2.45) is 5.92 Å². The minimum Gasteiger partial charge on any atom is -0.310 e. The van der Waals surface area contributed by atoms with Crippen molar-refractivity contribution in [2.45, 2.75) is 39.7 Å². The van der Waals surface area contributed by atoms with Gasteiger partial charge in [0.15, 0.2) is 0 Å². The van der Waals surface area contributed by atoms with E-state index in [1.54, 1.807) is 0 Å². The average molecular weight is 206 g/mol. The van der Waals surface area contributed by atoms with Crippen molar-refractivity contribution in [3.8, 4) is 0 Å². The van der Waals surface area contributed by atoms with Crippen LogP contribution in [0.25, 0.3) is 0 Å². The lowest BCUT2D eigenvalue weighted by molar-refractivity contribution is 0.429. The monoisotopic (exact) mass is 206 g/mol. The maximum Gasteiger partial charge on any atom is 0.0337 e. The van der Waals surface area contributed by atoms with Gasteiger partial charge in [-0.05, 0) is 36.9 Å². The van der Waals surface area contributed by atoms with Gasteiger partial charge in [0.25, 0.3) is 0 Å². The summed E-state index contributed by atoms with van der Waals surface area (Å²) >= 11 is 0. The molecule has 1 heterocycles. The Balaban J connectivity index is 2.63. The van der Waals surface area contributed by atoms with Crippen LogP contribution in [0.2, 0.25) is 0 Å². The summed E-state index contributed by atoms with van der Waals surface area (Å²) in [5, 5.41) is 3.58. The van der Waals surface area contributed by atoms with Crippen LogP contribution in [0.4, 0.5) is 0 Å². The van der Waals surface area contributed by atoms with Gasteiger partial charge in [-0.3, -0.25) is 4.98 Å². The Morgan fingerprint density at radius 2 is 2.20 bits per heavy atom. The van der Waals surface area contributed by atoms with Crippen molar-refractivity contribution in [1.29, 1.82) is 0 Å². The topological polar surface area (TPSA) is 24.9 Å². The second kappa shape index (κ2) is 6.57. The fourth-order valence-corrected chi connectivity index (χ4v) is 1.71. The van der Waals surface area contributed by atoms with E-state index >= 15 is 0 Å². The molecule has 1 N–H and O–H groups in total. The Bertz CT molecular complexity index is 256. The van der Waals surface area contributed by atoms with Crippen LogP contribution in [0.5, 0.6) is 0 Å².